The number of hydrogen-bond acceptors (Lipinski definition) is 10. The maximum atomic E-state index is 10.7. The molecular weight excluding hydrogens is 460 g/mol. The summed E-state index contributed by atoms with van der Waals surface area (Å²) in [5.41, 5.74) is 1.80. The summed E-state index contributed by atoms with van der Waals surface area (Å²) in [6.07, 6.45) is -1.17. The van der Waals surface area contributed by atoms with Gasteiger partial charge in [-0.2, -0.15) is 0 Å². The van der Waals surface area contributed by atoms with Gasteiger partial charge < -0.3 is 34.6 Å². The van der Waals surface area contributed by atoms with Crippen LogP contribution in [0.2, 0.25) is 0 Å². The second-order valence-electron chi connectivity index (χ2n) is 8.49. The molecule has 0 radical (unpaired) electrons. The molecule has 0 bridgehead atoms. The molecule has 0 aromatic heterocycles. The molecule has 1 aromatic rings. The molecule has 11 heteroatoms. The van der Waals surface area contributed by atoms with Crippen LogP contribution in [0.25, 0.3) is 0 Å². The van der Waals surface area contributed by atoms with E-state index >= 15 is 0 Å². The Morgan fingerprint density at radius 2 is 1.86 bits per heavy atom. The van der Waals surface area contributed by atoms with Crippen molar-refractivity contribution in [1.82, 2.24) is 5.32 Å². The molecule has 1 aromatic carbocycles. The van der Waals surface area contributed by atoms with Gasteiger partial charge in [0.1, 0.15) is 25.1 Å². The lowest BCUT2D eigenvalue weighted by molar-refractivity contribution is -0.758. The lowest BCUT2D eigenvalue weighted by Crippen LogP contribution is -2.43. The second kappa shape index (κ2) is 17.9. The lowest BCUT2D eigenvalue weighted by Gasteiger charge is -2.28. The Bertz CT molecular complexity index is 725. The van der Waals surface area contributed by atoms with Gasteiger partial charge >= 0.3 is 0 Å². The summed E-state index contributed by atoms with van der Waals surface area (Å²) < 4.78 is 15.7. The summed E-state index contributed by atoms with van der Waals surface area (Å²) in [4.78, 5) is 24.1. The fraction of sp³-hybridized carbons (Fsp3) is 0.708. The summed E-state index contributed by atoms with van der Waals surface area (Å²) in [6, 6.07) is 5.62. The van der Waals surface area contributed by atoms with E-state index in [9.17, 15) is 25.1 Å². The van der Waals surface area contributed by atoms with Crippen molar-refractivity contribution < 1.29 is 39.1 Å². The highest BCUT2D eigenvalue weighted by Crippen LogP contribution is 2.30. The van der Waals surface area contributed by atoms with E-state index in [1.165, 1.54) is 0 Å². The number of hydrogen-bond donors (Lipinski definition) is 3. The molecule has 3 N–H and O–H groups in total. The molecule has 11 nitrogen and oxygen atoms in total. The molecule has 3 atom stereocenters. The van der Waals surface area contributed by atoms with Crippen molar-refractivity contribution in [1.29, 1.82) is 0 Å². The van der Waals surface area contributed by atoms with Crippen LogP contribution in [0.4, 0.5) is 0 Å². The van der Waals surface area contributed by atoms with Crippen molar-refractivity contribution in [2.75, 3.05) is 33.0 Å². The quantitative estimate of drug-likeness (QED) is 0.168. The predicted molar refractivity (Wildman–Crippen MR) is 131 cm³/mol. The van der Waals surface area contributed by atoms with Crippen molar-refractivity contribution in [3.63, 3.8) is 0 Å². The van der Waals surface area contributed by atoms with Crippen molar-refractivity contribution in [2.45, 2.75) is 78.2 Å². The molecular formula is C24H42N2O9. The molecule has 0 heterocycles. The number of aliphatic hydroxyl groups excluding tert-OH is 2. The first-order chi connectivity index (χ1) is 16.6. The fourth-order valence-corrected chi connectivity index (χ4v) is 3.02. The molecule has 1 aliphatic rings. The molecule has 0 aliphatic heterocycles. The zero-order valence-electron chi connectivity index (χ0n) is 21.7. The number of nitrogens with one attached hydrogen (secondary N) is 1. The normalized spacial score (nSPS) is 17.4. The molecule has 202 valence electrons. The minimum absolute atomic E-state index is 0.0147. The average Bonchev–Trinajstić information content (AvgIpc) is 2.80. The number of nitrogens with zero attached hydrogens (tertiary/aromatic N) is 1. The van der Waals surface area contributed by atoms with Crippen LogP contribution in [0.15, 0.2) is 18.2 Å². The third-order valence-electron chi connectivity index (χ3n) is 4.68. The molecule has 1 aliphatic carbocycles. The van der Waals surface area contributed by atoms with Crippen LogP contribution < -0.4 is 10.1 Å². The van der Waals surface area contributed by atoms with Gasteiger partial charge in [0.25, 0.3) is 11.6 Å². The fourth-order valence-electron chi connectivity index (χ4n) is 3.02. The van der Waals surface area contributed by atoms with E-state index in [2.05, 4.69) is 10.2 Å². The summed E-state index contributed by atoms with van der Waals surface area (Å²) in [5.74, 6) is 0.661. The summed E-state index contributed by atoms with van der Waals surface area (Å²) in [7, 11) is 0. The smallest absolute Gasteiger partial charge is 0.294 e. The number of rotatable bonds is 12. The summed E-state index contributed by atoms with van der Waals surface area (Å²) in [5, 5.41) is 31.6. The summed E-state index contributed by atoms with van der Waals surface area (Å²) >= 11 is 0. The van der Waals surface area contributed by atoms with Gasteiger partial charge in [-0.05, 0) is 39.3 Å². The van der Waals surface area contributed by atoms with Crippen molar-refractivity contribution >= 4 is 6.47 Å². The molecule has 0 amide bonds. The monoisotopic (exact) mass is 502 g/mol. The predicted octanol–water partition coefficient (Wildman–Crippen LogP) is 2.07. The lowest BCUT2D eigenvalue weighted by atomic mass is 9.87. The Morgan fingerprint density at radius 1 is 1.20 bits per heavy atom. The van der Waals surface area contributed by atoms with Crippen molar-refractivity contribution in [3.8, 4) is 5.75 Å². The standard InChI is InChI=1S/C18H27NO5.C4H9NO4.C2H6/c1-18(2,3)19-9-13(24-11-20)10-23-17-6-4-5-12-7-15(21)16(22)8-14(12)17;1-2-8-3-4-9-5(6)7;1-2/h4-6,11,13,15-16,19,21-22H,7-10H2,1-3H3;2-4H2,1H3;1-2H3. The molecule has 35 heavy (non-hydrogen) atoms. The maximum Gasteiger partial charge on any atom is 0.294 e. The van der Waals surface area contributed by atoms with E-state index in [4.69, 9.17) is 14.2 Å². The van der Waals surface area contributed by atoms with E-state index < -0.39 is 23.4 Å². The first kappa shape index (κ1) is 32.5. The van der Waals surface area contributed by atoms with Crippen molar-refractivity contribution in [2.24, 2.45) is 0 Å². The van der Waals surface area contributed by atoms with Gasteiger partial charge in [-0.1, -0.05) is 26.0 Å². The molecule has 0 saturated heterocycles. The number of benzene rings is 1. The van der Waals surface area contributed by atoms with Gasteiger partial charge in [0.05, 0.1) is 18.8 Å². The van der Waals surface area contributed by atoms with E-state index in [0.29, 0.717) is 38.2 Å². The van der Waals surface area contributed by atoms with Gasteiger partial charge in [0.2, 0.25) is 0 Å². The van der Waals surface area contributed by atoms with Crippen LogP contribution in [0.5, 0.6) is 5.75 Å². The zero-order chi connectivity index (χ0) is 26.9. The highest BCUT2D eigenvalue weighted by atomic mass is 17.0. The van der Waals surface area contributed by atoms with Crippen LogP contribution in [-0.4, -0.2) is 78.6 Å². The van der Waals surface area contributed by atoms with Crippen LogP contribution >= 0.6 is 0 Å². The number of carbonyl (C=O) groups is 1. The Hall–Kier alpha value is -2.47. The Morgan fingerprint density at radius 3 is 2.43 bits per heavy atom. The SMILES string of the molecule is CC.CC(C)(C)NCC(COc1cccc2c1CC(O)C(O)C2)OC=O.CCOCCO[N+](=O)[O-]. The van der Waals surface area contributed by atoms with Crippen molar-refractivity contribution in [3.05, 3.63) is 39.4 Å². The average molecular weight is 503 g/mol. The zero-order valence-corrected chi connectivity index (χ0v) is 21.7. The van der Waals surface area contributed by atoms with Gasteiger partial charge in [-0.15, -0.1) is 10.1 Å². The number of fused-ring (bicyclic) bond motifs is 1. The number of aliphatic hydroxyl groups is 2. The van der Waals surface area contributed by atoms with Crippen LogP contribution in [-0.2, 0) is 31.9 Å². The number of carbonyl (C=O) groups excluding carboxylic acids is 1. The van der Waals surface area contributed by atoms with Gasteiger partial charge in [-0.25, -0.2) is 0 Å². The van der Waals surface area contributed by atoms with E-state index in [-0.39, 0.29) is 25.4 Å². The van der Waals surface area contributed by atoms with Crippen LogP contribution in [0.3, 0.4) is 0 Å². The first-order valence-electron chi connectivity index (χ1n) is 11.9. The van der Waals surface area contributed by atoms with E-state index in [1.807, 2.05) is 59.7 Å². The largest absolute Gasteiger partial charge is 0.489 e. The Labute approximate surface area is 207 Å². The Balaban J connectivity index is 0.000000888. The summed E-state index contributed by atoms with van der Waals surface area (Å²) in [6.45, 7) is 13.9. The Kier molecular flexibility index (Phi) is 16.6. The second-order valence-corrected chi connectivity index (χ2v) is 8.49. The van der Waals surface area contributed by atoms with Gasteiger partial charge in [-0.3, -0.25) is 4.79 Å². The number of ether oxygens (including phenoxy) is 3. The maximum absolute atomic E-state index is 10.7. The highest BCUT2D eigenvalue weighted by molar-refractivity contribution is 5.43. The molecule has 0 saturated carbocycles. The van der Waals surface area contributed by atoms with E-state index in [1.54, 1.807) is 0 Å². The minimum Gasteiger partial charge on any atom is -0.489 e. The molecule has 0 spiro atoms. The third kappa shape index (κ3) is 14.5. The van der Waals surface area contributed by atoms with Gasteiger partial charge in [0.15, 0.2) is 0 Å². The van der Waals surface area contributed by atoms with Gasteiger partial charge in [0, 0.05) is 37.1 Å². The van der Waals surface area contributed by atoms with Crippen LogP contribution in [0.1, 0.15) is 52.7 Å². The highest BCUT2D eigenvalue weighted by Gasteiger charge is 2.27. The molecule has 2 rings (SSSR count). The topological polar surface area (TPSA) is 150 Å². The van der Waals surface area contributed by atoms with E-state index in [0.717, 1.165) is 11.1 Å². The minimum atomic E-state index is -0.834. The molecule has 0 fully saturated rings. The van der Waals surface area contributed by atoms with Crippen LogP contribution in [0, 0.1) is 10.1 Å². The molecule has 3 unspecified atom stereocenters. The first-order valence-corrected chi connectivity index (χ1v) is 11.9. The third-order valence-corrected chi connectivity index (χ3v) is 4.68.